The molecule has 0 saturated heterocycles. The molecule has 0 bridgehead atoms. The van der Waals surface area contributed by atoms with E-state index in [9.17, 15) is 14.0 Å². The highest BCUT2D eigenvalue weighted by Gasteiger charge is 2.17. The minimum absolute atomic E-state index is 0.189. The summed E-state index contributed by atoms with van der Waals surface area (Å²) in [5.41, 5.74) is -0.690. The van der Waals surface area contributed by atoms with Crippen LogP contribution in [0.2, 0.25) is 0 Å². The minimum atomic E-state index is -1.36. The first-order valence-corrected chi connectivity index (χ1v) is 5.59. The van der Waals surface area contributed by atoms with Gasteiger partial charge in [0.1, 0.15) is 5.82 Å². The van der Waals surface area contributed by atoms with Crippen molar-refractivity contribution in [2.24, 2.45) is 0 Å². The van der Waals surface area contributed by atoms with Crippen LogP contribution in [0.1, 0.15) is 20.7 Å². The first kappa shape index (κ1) is 12.5. The maximum Gasteiger partial charge on any atom is 0.336 e. The number of rotatable bonds is 2. The lowest BCUT2D eigenvalue weighted by Crippen LogP contribution is -2.08. The van der Waals surface area contributed by atoms with Crippen molar-refractivity contribution in [1.29, 1.82) is 0 Å². The van der Waals surface area contributed by atoms with Gasteiger partial charge in [-0.1, -0.05) is 0 Å². The zero-order valence-corrected chi connectivity index (χ0v) is 10.4. The Labute approximate surface area is 109 Å². The molecule has 2 N–H and O–H groups in total. The second-order valence-electron chi connectivity index (χ2n) is 3.62. The Kier molecular flexibility index (Phi) is 3.04. The molecule has 2 rings (SSSR count). The largest absolute Gasteiger partial charge is 0.478 e. The van der Waals surface area contributed by atoms with E-state index in [0.29, 0.717) is 10.8 Å². The lowest BCUT2D eigenvalue weighted by molar-refractivity contribution is 0.0652. The van der Waals surface area contributed by atoms with Crippen LogP contribution in [-0.4, -0.2) is 22.2 Å². The molecule has 4 nitrogen and oxygen atoms in total. The third-order valence-corrected chi connectivity index (χ3v) is 3.08. The van der Waals surface area contributed by atoms with E-state index >= 15 is 0 Å². The number of fused-ring (bicyclic) bond motifs is 1. The first-order valence-electron chi connectivity index (χ1n) is 4.79. The second kappa shape index (κ2) is 4.38. The van der Waals surface area contributed by atoms with Gasteiger partial charge in [-0.25, -0.2) is 14.0 Å². The Morgan fingerprint density at radius 1 is 0.944 bits per heavy atom. The molecule has 0 heterocycles. The van der Waals surface area contributed by atoms with Crippen LogP contribution in [-0.2, 0) is 0 Å². The van der Waals surface area contributed by atoms with E-state index in [1.807, 2.05) is 0 Å². The van der Waals surface area contributed by atoms with Gasteiger partial charge in [0, 0.05) is 0 Å². The molecule has 6 heteroatoms. The SMILES string of the molecule is O=C(O)c1cc2cc(F)c(Br)cc2cc1C(=O)O. The van der Waals surface area contributed by atoms with Crippen molar-refractivity contribution < 1.29 is 24.2 Å². The average molecular weight is 313 g/mol. The van der Waals surface area contributed by atoms with Crippen molar-refractivity contribution in [3.05, 3.63) is 45.7 Å². The van der Waals surface area contributed by atoms with Gasteiger partial charge in [-0.2, -0.15) is 0 Å². The first-order chi connectivity index (χ1) is 8.40. The summed E-state index contributed by atoms with van der Waals surface area (Å²) in [6.45, 7) is 0. The van der Waals surface area contributed by atoms with Gasteiger partial charge in [0.15, 0.2) is 0 Å². The van der Waals surface area contributed by atoms with Crippen molar-refractivity contribution >= 4 is 38.6 Å². The van der Waals surface area contributed by atoms with Crippen LogP contribution in [0, 0.1) is 5.82 Å². The summed E-state index contributed by atoms with van der Waals surface area (Å²) in [6, 6.07) is 4.92. The molecule has 2 aromatic carbocycles. The van der Waals surface area contributed by atoms with Crippen LogP contribution in [0.15, 0.2) is 28.7 Å². The summed E-state index contributed by atoms with van der Waals surface area (Å²) in [5, 5.41) is 18.7. The Hall–Kier alpha value is -1.95. The Bertz CT molecular complexity index is 623. The Balaban J connectivity index is 2.84. The van der Waals surface area contributed by atoms with Crippen LogP contribution >= 0.6 is 15.9 Å². The van der Waals surface area contributed by atoms with E-state index in [1.54, 1.807) is 0 Å². The predicted octanol–water partition coefficient (Wildman–Crippen LogP) is 3.14. The lowest BCUT2D eigenvalue weighted by Gasteiger charge is -2.06. The highest BCUT2D eigenvalue weighted by Crippen LogP contribution is 2.26. The number of hydrogen-bond acceptors (Lipinski definition) is 2. The number of carbonyl (C=O) groups is 2. The quantitative estimate of drug-likeness (QED) is 0.893. The smallest absolute Gasteiger partial charge is 0.336 e. The van der Waals surface area contributed by atoms with Crippen molar-refractivity contribution in [1.82, 2.24) is 0 Å². The zero-order chi connectivity index (χ0) is 13.4. The third-order valence-electron chi connectivity index (χ3n) is 2.48. The molecule has 0 aliphatic rings. The molecule has 0 atom stereocenters. The molecule has 0 aromatic heterocycles. The molecule has 0 radical (unpaired) electrons. The molecule has 0 unspecified atom stereocenters. The number of hydrogen-bond donors (Lipinski definition) is 2. The number of benzene rings is 2. The molecule has 92 valence electrons. The second-order valence-corrected chi connectivity index (χ2v) is 4.48. The molecular formula is C12H6BrFO4. The minimum Gasteiger partial charge on any atom is -0.478 e. The molecular weight excluding hydrogens is 307 g/mol. The fraction of sp³-hybridized carbons (Fsp3) is 0. The van der Waals surface area contributed by atoms with E-state index in [1.165, 1.54) is 12.1 Å². The van der Waals surface area contributed by atoms with E-state index in [4.69, 9.17) is 10.2 Å². The normalized spacial score (nSPS) is 10.6. The molecule has 2 aromatic rings. The van der Waals surface area contributed by atoms with E-state index in [0.717, 1.165) is 12.1 Å². The van der Waals surface area contributed by atoms with Gasteiger partial charge < -0.3 is 10.2 Å². The topological polar surface area (TPSA) is 74.6 Å². The number of carboxylic acids is 2. The van der Waals surface area contributed by atoms with Crippen molar-refractivity contribution in [3.63, 3.8) is 0 Å². The van der Waals surface area contributed by atoms with Crippen molar-refractivity contribution in [2.75, 3.05) is 0 Å². The predicted molar refractivity (Wildman–Crippen MR) is 65.5 cm³/mol. The molecule has 0 spiro atoms. The zero-order valence-electron chi connectivity index (χ0n) is 8.78. The summed E-state index contributed by atoms with van der Waals surface area (Å²) in [7, 11) is 0. The molecule has 0 aliphatic heterocycles. The van der Waals surface area contributed by atoms with Gasteiger partial charge in [0.25, 0.3) is 0 Å². The highest BCUT2D eigenvalue weighted by molar-refractivity contribution is 9.10. The Morgan fingerprint density at radius 2 is 1.39 bits per heavy atom. The average Bonchev–Trinajstić information content (AvgIpc) is 2.28. The number of carboxylic acid groups (broad SMARTS) is 2. The van der Waals surface area contributed by atoms with Gasteiger partial charge in [-0.05, 0) is 51.0 Å². The van der Waals surface area contributed by atoms with Crippen LogP contribution in [0.4, 0.5) is 4.39 Å². The molecule has 0 amide bonds. The number of halogens is 2. The summed E-state index contributed by atoms with van der Waals surface area (Å²) >= 11 is 2.99. The summed E-state index contributed by atoms with van der Waals surface area (Å²) in [4.78, 5) is 21.9. The summed E-state index contributed by atoms with van der Waals surface area (Å²) < 4.78 is 13.5. The van der Waals surface area contributed by atoms with Crippen LogP contribution in [0.5, 0.6) is 0 Å². The van der Waals surface area contributed by atoms with Gasteiger partial charge in [0.05, 0.1) is 15.6 Å². The van der Waals surface area contributed by atoms with Gasteiger partial charge in [-0.3, -0.25) is 0 Å². The van der Waals surface area contributed by atoms with Gasteiger partial charge in [0.2, 0.25) is 0 Å². The van der Waals surface area contributed by atoms with Crippen molar-refractivity contribution in [3.8, 4) is 0 Å². The van der Waals surface area contributed by atoms with E-state index in [2.05, 4.69) is 15.9 Å². The maximum atomic E-state index is 13.3. The standard InChI is InChI=1S/C12H6BrFO4/c13-9-3-5-1-7(11(15)16)8(12(17)18)2-6(5)4-10(9)14/h1-4H,(H,15,16)(H,17,18). The fourth-order valence-electron chi connectivity index (χ4n) is 1.65. The fourth-order valence-corrected chi connectivity index (χ4v) is 2.01. The maximum absolute atomic E-state index is 13.3. The van der Waals surface area contributed by atoms with Gasteiger partial charge in [-0.15, -0.1) is 0 Å². The third kappa shape index (κ3) is 2.06. The van der Waals surface area contributed by atoms with Gasteiger partial charge >= 0.3 is 11.9 Å². The summed E-state index contributed by atoms with van der Waals surface area (Å²) in [6.07, 6.45) is 0. The van der Waals surface area contributed by atoms with E-state index < -0.39 is 17.8 Å². The van der Waals surface area contributed by atoms with Crippen LogP contribution in [0.3, 0.4) is 0 Å². The number of aromatic carboxylic acids is 2. The Morgan fingerprint density at radius 3 is 1.83 bits per heavy atom. The monoisotopic (exact) mass is 312 g/mol. The summed E-state index contributed by atoms with van der Waals surface area (Å²) in [5.74, 6) is -3.24. The van der Waals surface area contributed by atoms with Crippen molar-refractivity contribution in [2.45, 2.75) is 0 Å². The van der Waals surface area contributed by atoms with Crippen LogP contribution in [0.25, 0.3) is 10.8 Å². The lowest BCUT2D eigenvalue weighted by atomic mass is 10.0. The molecule has 0 aliphatic carbocycles. The molecule has 0 saturated carbocycles. The van der Waals surface area contributed by atoms with E-state index in [-0.39, 0.29) is 15.6 Å². The molecule has 18 heavy (non-hydrogen) atoms. The van der Waals surface area contributed by atoms with Crippen LogP contribution < -0.4 is 0 Å². The molecule has 0 fully saturated rings. The highest BCUT2D eigenvalue weighted by atomic mass is 79.9.